The molecule has 1 heterocycles. The summed E-state index contributed by atoms with van der Waals surface area (Å²) in [5.74, 6) is -0.245. The van der Waals surface area contributed by atoms with Gasteiger partial charge in [-0.15, -0.1) is 5.10 Å². The summed E-state index contributed by atoms with van der Waals surface area (Å²) in [7, 11) is 0. The van der Waals surface area contributed by atoms with Crippen LogP contribution in [0.4, 0.5) is 0 Å². The fourth-order valence-corrected chi connectivity index (χ4v) is 2.08. The number of H-pyrrole nitrogens is 1. The molecule has 2 N–H and O–H groups in total. The van der Waals surface area contributed by atoms with Gasteiger partial charge in [-0.25, -0.2) is 9.78 Å². The Morgan fingerprint density at radius 2 is 2.19 bits per heavy atom. The normalized spacial score (nSPS) is 10.3. The lowest BCUT2D eigenvalue weighted by molar-refractivity contribution is 0.0693. The Balaban J connectivity index is 2.31. The molecule has 6 heteroatoms. The van der Waals surface area contributed by atoms with E-state index in [9.17, 15) is 4.79 Å². The first kappa shape index (κ1) is 10.7. The van der Waals surface area contributed by atoms with Crippen LogP contribution in [0.15, 0.2) is 34.3 Å². The molecule has 0 fully saturated rings. The number of benzene rings is 1. The van der Waals surface area contributed by atoms with Crippen LogP contribution in [0, 0.1) is 6.92 Å². The number of carboxylic acids is 1. The number of nitrogens with one attached hydrogen (secondary N) is 1. The molecule has 0 aliphatic rings. The second kappa shape index (κ2) is 4.36. The van der Waals surface area contributed by atoms with Crippen LogP contribution >= 0.6 is 11.8 Å². The van der Waals surface area contributed by atoms with Crippen LogP contribution in [0.2, 0.25) is 0 Å². The van der Waals surface area contributed by atoms with Gasteiger partial charge in [0.15, 0.2) is 0 Å². The van der Waals surface area contributed by atoms with Gasteiger partial charge in [0.05, 0.1) is 5.56 Å². The Labute approximate surface area is 95.9 Å². The lowest BCUT2D eigenvalue weighted by Crippen LogP contribution is -1.98. The first-order valence-electron chi connectivity index (χ1n) is 4.56. The third kappa shape index (κ3) is 2.22. The molecule has 0 amide bonds. The summed E-state index contributed by atoms with van der Waals surface area (Å²) < 4.78 is 0. The standard InChI is InChI=1S/C10H9N3O2S/c1-6-11-10(13-12-6)16-8-5-3-2-4-7(8)9(14)15/h2-5H,1H3,(H,14,15)(H,11,12,13). The van der Waals surface area contributed by atoms with Crippen LogP contribution in [-0.4, -0.2) is 26.3 Å². The third-order valence-electron chi connectivity index (χ3n) is 1.90. The first-order chi connectivity index (χ1) is 7.66. The number of carboxylic acid groups (broad SMARTS) is 1. The van der Waals surface area contributed by atoms with Crippen LogP contribution in [0.3, 0.4) is 0 Å². The maximum Gasteiger partial charge on any atom is 0.336 e. The summed E-state index contributed by atoms with van der Waals surface area (Å²) in [6.07, 6.45) is 0. The molecule has 0 saturated heterocycles. The summed E-state index contributed by atoms with van der Waals surface area (Å²) >= 11 is 1.23. The topological polar surface area (TPSA) is 78.9 Å². The number of rotatable bonds is 3. The second-order valence-corrected chi connectivity index (χ2v) is 4.12. The van der Waals surface area contributed by atoms with Gasteiger partial charge in [0.1, 0.15) is 5.82 Å². The number of hydrogen-bond acceptors (Lipinski definition) is 4. The maximum absolute atomic E-state index is 11.0. The Morgan fingerprint density at radius 3 is 2.81 bits per heavy atom. The summed E-state index contributed by atoms with van der Waals surface area (Å²) in [6, 6.07) is 6.77. The van der Waals surface area contributed by atoms with E-state index in [-0.39, 0.29) is 5.56 Å². The molecule has 2 rings (SSSR count). The van der Waals surface area contributed by atoms with Gasteiger partial charge in [0.2, 0.25) is 5.16 Å². The zero-order valence-corrected chi connectivity index (χ0v) is 9.28. The number of aromatic carboxylic acids is 1. The van der Waals surface area contributed by atoms with Crippen molar-refractivity contribution in [3.8, 4) is 0 Å². The Kier molecular flexibility index (Phi) is 2.91. The van der Waals surface area contributed by atoms with E-state index in [0.717, 1.165) is 0 Å². The average molecular weight is 235 g/mol. The van der Waals surface area contributed by atoms with Crippen molar-refractivity contribution >= 4 is 17.7 Å². The van der Waals surface area contributed by atoms with Crippen molar-refractivity contribution in [2.45, 2.75) is 17.0 Å². The Bertz CT molecular complexity index is 524. The van der Waals surface area contributed by atoms with Crippen molar-refractivity contribution < 1.29 is 9.90 Å². The summed E-state index contributed by atoms with van der Waals surface area (Å²) in [6.45, 7) is 1.79. The highest BCUT2D eigenvalue weighted by molar-refractivity contribution is 7.99. The highest BCUT2D eigenvalue weighted by atomic mass is 32.2. The van der Waals surface area contributed by atoms with Crippen LogP contribution in [0.1, 0.15) is 16.2 Å². The van der Waals surface area contributed by atoms with E-state index >= 15 is 0 Å². The number of aryl methyl sites for hydroxylation is 1. The van der Waals surface area contributed by atoms with Gasteiger partial charge in [-0.3, -0.25) is 5.10 Å². The number of hydrogen-bond donors (Lipinski definition) is 2. The molecule has 5 nitrogen and oxygen atoms in total. The molecule has 0 bridgehead atoms. The molecule has 1 aromatic carbocycles. The quantitative estimate of drug-likeness (QED) is 0.850. The molecule has 0 spiro atoms. The van der Waals surface area contributed by atoms with Crippen molar-refractivity contribution in [2.24, 2.45) is 0 Å². The lowest BCUT2D eigenvalue weighted by Gasteiger charge is -2.01. The number of aromatic nitrogens is 3. The van der Waals surface area contributed by atoms with Crippen LogP contribution in [0.25, 0.3) is 0 Å². The smallest absolute Gasteiger partial charge is 0.336 e. The molecule has 1 aromatic heterocycles. The van der Waals surface area contributed by atoms with Crippen LogP contribution < -0.4 is 0 Å². The van der Waals surface area contributed by atoms with Gasteiger partial charge in [-0.05, 0) is 30.8 Å². The fraction of sp³-hybridized carbons (Fsp3) is 0.100. The fourth-order valence-electron chi connectivity index (χ4n) is 1.20. The highest BCUT2D eigenvalue weighted by Crippen LogP contribution is 2.27. The predicted molar refractivity (Wildman–Crippen MR) is 58.6 cm³/mol. The zero-order chi connectivity index (χ0) is 11.5. The van der Waals surface area contributed by atoms with Gasteiger partial charge in [-0.2, -0.15) is 0 Å². The monoisotopic (exact) mass is 235 g/mol. The second-order valence-electron chi connectivity index (χ2n) is 3.11. The minimum absolute atomic E-state index is 0.259. The molecule has 82 valence electrons. The van der Waals surface area contributed by atoms with Crippen LogP contribution in [0.5, 0.6) is 0 Å². The zero-order valence-electron chi connectivity index (χ0n) is 8.47. The van der Waals surface area contributed by atoms with Crippen molar-refractivity contribution in [1.29, 1.82) is 0 Å². The van der Waals surface area contributed by atoms with Crippen molar-refractivity contribution in [2.75, 3.05) is 0 Å². The molecule has 0 aliphatic carbocycles. The number of carbonyl (C=O) groups is 1. The van der Waals surface area contributed by atoms with Gasteiger partial charge in [0.25, 0.3) is 0 Å². The van der Waals surface area contributed by atoms with E-state index in [2.05, 4.69) is 15.2 Å². The summed E-state index contributed by atoms with van der Waals surface area (Å²) in [5.41, 5.74) is 0.259. The molecular weight excluding hydrogens is 226 g/mol. The largest absolute Gasteiger partial charge is 0.478 e. The molecule has 0 saturated carbocycles. The van der Waals surface area contributed by atoms with E-state index in [1.54, 1.807) is 31.2 Å². The predicted octanol–water partition coefficient (Wildman–Crippen LogP) is 1.96. The molecule has 0 radical (unpaired) electrons. The van der Waals surface area contributed by atoms with E-state index in [4.69, 9.17) is 5.11 Å². The van der Waals surface area contributed by atoms with E-state index in [0.29, 0.717) is 15.9 Å². The Morgan fingerprint density at radius 1 is 1.44 bits per heavy atom. The van der Waals surface area contributed by atoms with Gasteiger partial charge >= 0.3 is 5.97 Å². The van der Waals surface area contributed by atoms with E-state index in [1.807, 2.05) is 0 Å². The maximum atomic E-state index is 11.0. The summed E-state index contributed by atoms with van der Waals surface area (Å²) in [4.78, 5) is 15.7. The molecule has 16 heavy (non-hydrogen) atoms. The minimum Gasteiger partial charge on any atom is -0.478 e. The van der Waals surface area contributed by atoms with Gasteiger partial charge in [-0.1, -0.05) is 12.1 Å². The molecule has 0 aliphatic heterocycles. The van der Waals surface area contributed by atoms with Crippen molar-refractivity contribution in [3.05, 3.63) is 35.7 Å². The number of aromatic amines is 1. The SMILES string of the molecule is Cc1nc(Sc2ccccc2C(=O)O)n[nH]1. The van der Waals surface area contributed by atoms with Crippen molar-refractivity contribution in [1.82, 2.24) is 15.2 Å². The molecule has 0 unspecified atom stereocenters. The van der Waals surface area contributed by atoms with Crippen LogP contribution in [-0.2, 0) is 0 Å². The van der Waals surface area contributed by atoms with Gasteiger partial charge in [0, 0.05) is 4.90 Å². The highest BCUT2D eigenvalue weighted by Gasteiger charge is 2.11. The third-order valence-corrected chi connectivity index (χ3v) is 2.84. The van der Waals surface area contributed by atoms with Gasteiger partial charge < -0.3 is 5.11 Å². The van der Waals surface area contributed by atoms with E-state index in [1.165, 1.54) is 11.8 Å². The minimum atomic E-state index is -0.949. The van der Waals surface area contributed by atoms with Crippen molar-refractivity contribution in [3.63, 3.8) is 0 Å². The molecule has 2 aromatic rings. The molecule has 0 atom stereocenters. The molecular formula is C10H9N3O2S. The summed E-state index contributed by atoms with van der Waals surface area (Å²) in [5, 5.41) is 16.2. The first-order valence-corrected chi connectivity index (χ1v) is 5.37. The lowest BCUT2D eigenvalue weighted by atomic mass is 10.2. The Hall–Kier alpha value is -1.82. The number of nitrogens with zero attached hydrogens (tertiary/aromatic N) is 2. The van der Waals surface area contributed by atoms with E-state index < -0.39 is 5.97 Å². The average Bonchev–Trinajstić information content (AvgIpc) is 2.64.